The van der Waals surface area contributed by atoms with Gasteiger partial charge in [-0.2, -0.15) is 0 Å². The van der Waals surface area contributed by atoms with Gasteiger partial charge in [0.05, 0.1) is 10.2 Å². The van der Waals surface area contributed by atoms with Crippen LogP contribution in [0, 0.1) is 0 Å². The lowest BCUT2D eigenvalue weighted by Gasteiger charge is -2.12. The Morgan fingerprint density at radius 3 is 3.00 bits per heavy atom. The molecule has 84 valence electrons. The molecule has 1 aromatic heterocycles. The van der Waals surface area contributed by atoms with E-state index < -0.39 is 0 Å². The van der Waals surface area contributed by atoms with Crippen molar-refractivity contribution < 1.29 is 9.90 Å². The van der Waals surface area contributed by atoms with E-state index in [0.29, 0.717) is 5.13 Å². The van der Waals surface area contributed by atoms with Crippen molar-refractivity contribution in [3.8, 4) is 0 Å². The number of hydrogen-bond donors (Lipinski definition) is 2. The van der Waals surface area contributed by atoms with Crippen LogP contribution in [0.5, 0.6) is 0 Å². The Kier molecular flexibility index (Phi) is 3.02. The van der Waals surface area contributed by atoms with Gasteiger partial charge in [-0.25, -0.2) is 9.78 Å². The number of fused-ring (bicyclic) bond motifs is 1. The number of benzene rings is 1. The Morgan fingerprint density at radius 1 is 1.56 bits per heavy atom. The molecular formula is C10H11N3O2S. The lowest BCUT2D eigenvalue weighted by atomic mass is 10.3. The number of nitrogens with zero attached hydrogens (tertiary/aromatic N) is 2. The molecule has 6 heteroatoms. The predicted molar refractivity (Wildman–Crippen MR) is 63.6 cm³/mol. The Bertz CT molecular complexity index is 478. The second-order valence-electron chi connectivity index (χ2n) is 3.16. The largest absolute Gasteiger partial charge is 0.376 e. The first-order chi connectivity index (χ1) is 7.72. The maximum Gasteiger partial charge on any atom is 0.325 e. The molecule has 0 radical (unpaired) electrons. The molecule has 0 bridgehead atoms. The fourth-order valence-corrected chi connectivity index (χ4v) is 2.20. The van der Waals surface area contributed by atoms with Gasteiger partial charge >= 0.3 is 6.03 Å². The fourth-order valence-electron chi connectivity index (χ4n) is 1.28. The van der Waals surface area contributed by atoms with Crippen molar-refractivity contribution in [1.82, 2.24) is 10.3 Å². The molecule has 2 N–H and O–H groups in total. The average molecular weight is 237 g/mol. The molecule has 0 fully saturated rings. The Labute approximate surface area is 96.3 Å². The topological polar surface area (TPSA) is 65.5 Å². The molecule has 2 amide bonds. The van der Waals surface area contributed by atoms with Gasteiger partial charge in [-0.15, -0.1) is 0 Å². The van der Waals surface area contributed by atoms with Gasteiger partial charge < -0.3 is 10.4 Å². The summed E-state index contributed by atoms with van der Waals surface area (Å²) in [7, 11) is 1.61. The summed E-state index contributed by atoms with van der Waals surface area (Å²) in [4.78, 5) is 17.1. The minimum Gasteiger partial charge on any atom is -0.376 e. The Balaban J connectivity index is 2.29. The quantitative estimate of drug-likeness (QED) is 0.776. The zero-order chi connectivity index (χ0) is 11.5. The summed E-state index contributed by atoms with van der Waals surface area (Å²) in [5.41, 5.74) is 0.867. The summed E-state index contributed by atoms with van der Waals surface area (Å²) in [6.45, 7) is -0.381. The molecule has 2 aromatic rings. The number of carbonyl (C=O) groups is 1. The number of urea groups is 1. The fraction of sp³-hybridized carbons (Fsp3) is 0.200. The van der Waals surface area contributed by atoms with Gasteiger partial charge in [0.25, 0.3) is 0 Å². The Hall–Kier alpha value is -1.66. The number of carbonyl (C=O) groups excluding carboxylic acids is 1. The van der Waals surface area contributed by atoms with Gasteiger partial charge in [-0.3, -0.25) is 4.90 Å². The molecule has 1 heterocycles. The molecule has 1 aromatic carbocycles. The van der Waals surface area contributed by atoms with E-state index in [2.05, 4.69) is 10.3 Å². The molecule has 5 nitrogen and oxygen atoms in total. The van der Waals surface area contributed by atoms with Crippen LogP contribution in [0.25, 0.3) is 10.2 Å². The van der Waals surface area contributed by atoms with Crippen LogP contribution in [0.3, 0.4) is 0 Å². The van der Waals surface area contributed by atoms with Crippen molar-refractivity contribution in [1.29, 1.82) is 0 Å². The van der Waals surface area contributed by atoms with Gasteiger partial charge in [0.1, 0.15) is 6.73 Å². The molecule has 0 aliphatic heterocycles. The molecule has 16 heavy (non-hydrogen) atoms. The van der Waals surface area contributed by atoms with E-state index in [0.717, 1.165) is 10.2 Å². The van der Waals surface area contributed by atoms with Crippen molar-refractivity contribution in [3.63, 3.8) is 0 Å². The SMILES string of the molecule is CN(C(=O)NCO)c1nc2ccccc2s1. The molecular weight excluding hydrogens is 226 g/mol. The average Bonchev–Trinajstić information content (AvgIpc) is 2.71. The monoisotopic (exact) mass is 237 g/mol. The normalized spacial score (nSPS) is 10.4. The van der Waals surface area contributed by atoms with E-state index in [4.69, 9.17) is 5.11 Å². The number of para-hydroxylation sites is 1. The van der Waals surface area contributed by atoms with Gasteiger partial charge in [0.2, 0.25) is 0 Å². The zero-order valence-electron chi connectivity index (χ0n) is 8.67. The van der Waals surface area contributed by atoms with E-state index in [9.17, 15) is 4.79 Å². The molecule has 0 unspecified atom stereocenters. The van der Waals surface area contributed by atoms with E-state index >= 15 is 0 Å². The third kappa shape index (κ3) is 1.98. The third-order valence-corrected chi connectivity index (χ3v) is 3.22. The molecule has 0 aliphatic carbocycles. The molecule has 0 saturated heterocycles. The maximum atomic E-state index is 11.4. The van der Waals surface area contributed by atoms with Crippen LogP contribution in [0.15, 0.2) is 24.3 Å². The van der Waals surface area contributed by atoms with Crippen LogP contribution in [0.2, 0.25) is 0 Å². The van der Waals surface area contributed by atoms with Crippen LogP contribution in [-0.2, 0) is 0 Å². The highest BCUT2D eigenvalue weighted by Crippen LogP contribution is 2.27. The number of rotatable bonds is 2. The highest BCUT2D eigenvalue weighted by atomic mass is 32.1. The van der Waals surface area contributed by atoms with E-state index in [-0.39, 0.29) is 12.8 Å². The predicted octanol–water partition coefficient (Wildman–Crippen LogP) is 1.39. The molecule has 0 saturated carbocycles. The smallest absolute Gasteiger partial charge is 0.325 e. The summed E-state index contributed by atoms with van der Waals surface area (Å²) in [6, 6.07) is 7.31. The molecule has 0 aliphatic rings. The first-order valence-electron chi connectivity index (χ1n) is 4.70. The van der Waals surface area contributed by atoms with Crippen LogP contribution < -0.4 is 10.2 Å². The van der Waals surface area contributed by atoms with Crippen molar-refractivity contribution in [2.75, 3.05) is 18.7 Å². The van der Waals surface area contributed by atoms with Crippen molar-refractivity contribution >= 4 is 32.7 Å². The van der Waals surface area contributed by atoms with Gasteiger partial charge in [-0.1, -0.05) is 23.5 Å². The van der Waals surface area contributed by atoms with E-state index in [1.807, 2.05) is 24.3 Å². The summed E-state index contributed by atoms with van der Waals surface area (Å²) in [5, 5.41) is 11.5. The Morgan fingerprint density at radius 2 is 2.31 bits per heavy atom. The number of aromatic nitrogens is 1. The number of thiazole rings is 1. The highest BCUT2D eigenvalue weighted by Gasteiger charge is 2.13. The summed E-state index contributed by atoms with van der Waals surface area (Å²) < 4.78 is 1.03. The van der Waals surface area contributed by atoms with Gasteiger partial charge in [-0.05, 0) is 12.1 Å². The minimum absolute atomic E-state index is 0.374. The van der Waals surface area contributed by atoms with Crippen LogP contribution >= 0.6 is 11.3 Å². The highest BCUT2D eigenvalue weighted by molar-refractivity contribution is 7.22. The van der Waals surface area contributed by atoms with E-state index in [1.165, 1.54) is 16.2 Å². The lowest BCUT2D eigenvalue weighted by Crippen LogP contribution is -2.37. The zero-order valence-corrected chi connectivity index (χ0v) is 9.49. The third-order valence-electron chi connectivity index (χ3n) is 2.10. The number of aliphatic hydroxyl groups is 1. The minimum atomic E-state index is -0.381. The number of hydrogen-bond acceptors (Lipinski definition) is 4. The van der Waals surface area contributed by atoms with Crippen molar-refractivity contribution in [3.05, 3.63) is 24.3 Å². The number of anilines is 1. The summed E-state index contributed by atoms with van der Waals surface area (Å²) in [6.07, 6.45) is 0. The number of amides is 2. The van der Waals surface area contributed by atoms with Crippen molar-refractivity contribution in [2.45, 2.75) is 0 Å². The number of aliphatic hydroxyl groups excluding tert-OH is 1. The van der Waals surface area contributed by atoms with Crippen LogP contribution in [0.4, 0.5) is 9.93 Å². The lowest BCUT2D eigenvalue weighted by molar-refractivity contribution is 0.224. The second kappa shape index (κ2) is 4.46. The first kappa shape index (κ1) is 10.8. The molecule has 0 atom stereocenters. The van der Waals surface area contributed by atoms with Gasteiger partial charge in [0.15, 0.2) is 5.13 Å². The second-order valence-corrected chi connectivity index (χ2v) is 4.17. The standard InChI is InChI=1S/C10H11N3O2S/c1-13(9(15)11-6-14)10-12-7-4-2-3-5-8(7)16-10/h2-5,14H,6H2,1H3,(H,11,15). The summed E-state index contributed by atoms with van der Waals surface area (Å²) >= 11 is 1.43. The van der Waals surface area contributed by atoms with E-state index in [1.54, 1.807) is 7.05 Å². The maximum absolute atomic E-state index is 11.4. The first-order valence-corrected chi connectivity index (χ1v) is 5.52. The van der Waals surface area contributed by atoms with Gasteiger partial charge in [0, 0.05) is 7.05 Å². The van der Waals surface area contributed by atoms with Crippen LogP contribution in [-0.4, -0.2) is 29.9 Å². The molecule has 2 rings (SSSR count). The summed E-state index contributed by atoms with van der Waals surface area (Å²) in [5.74, 6) is 0. The molecule has 0 spiro atoms. The number of nitrogens with one attached hydrogen (secondary N) is 1. The van der Waals surface area contributed by atoms with Crippen molar-refractivity contribution in [2.24, 2.45) is 0 Å². The van der Waals surface area contributed by atoms with Crippen LogP contribution in [0.1, 0.15) is 0 Å².